The van der Waals surface area contributed by atoms with Gasteiger partial charge in [-0.1, -0.05) is 215 Å². The van der Waals surface area contributed by atoms with Crippen molar-refractivity contribution in [2.24, 2.45) is 0 Å². The summed E-state index contributed by atoms with van der Waals surface area (Å²) in [4.78, 5) is 35.8. The van der Waals surface area contributed by atoms with Gasteiger partial charge in [0.25, 0.3) is 0 Å². The SMILES string of the molecule is CC.CC.CC.CC.CC.CC.CC.CC.CC.CC.CC.CC.CC(C)N1CC2(CCNCC2)c2ccccc21.CC(C)N1CCc2ccccc21.CC(C)N1CCc2cccnc21.CC(C)N1Cc2cccnc2C1.CC(C)N1Cc2ccncc2C1.CC(C)N1Cc2cncnc2C1. The van der Waals surface area contributed by atoms with Crippen LogP contribution in [0.3, 0.4) is 0 Å². The molecule has 12 nitrogen and oxygen atoms in total. The van der Waals surface area contributed by atoms with Gasteiger partial charge in [0.05, 0.1) is 11.4 Å². The molecule has 0 radical (unpaired) electrons. The first kappa shape index (κ1) is 104. The highest BCUT2D eigenvalue weighted by molar-refractivity contribution is 5.63. The smallest absolute Gasteiger partial charge is 0.132 e. The van der Waals surface area contributed by atoms with E-state index in [1.807, 2.05) is 209 Å². The highest BCUT2D eigenvalue weighted by atomic mass is 15.2. The molecule has 1 saturated heterocycles. The number of para-hydroxylation sites is 2. The van der Waals surface area contributed by atoms with Crippen molar-refractivity contribution in [3.63, 3.8) is 0 Å². The van der Waals surface area contributed by atoms with E-state index < -0.39 is 0 Å². The van der Waals surface area contributed by atoms with Crippen LogP contribution in [0.1, 0.15) is 312 Å². The Bertz CT molecular complexity index is 2510. The molecule has 1 N–H and O–H groups in total. The second-order valence-corrected chi connectivity index (χ2v) is 23.7. The molecule has 2 aromatic carbocycles. The van der Waals surface area contributed by atoms with Gasteiger partial charge in [-0.05, 0) is 186 Å². The molecule has 1 spiro atoms. The van der Waals surface area contributed by atoms with Crippen molar-refractivity contribution in [1.82, 2.24) is 44.9 Å². The molecular formula is C89H164N12. The zero-order chi connectivity index (χ0) is 78.6. The van der Waals surface area contributed by atoms with Gasteiger partial charge in [-0.15, -0.1) is 0 Å². The van der Waals surface area contributed by atoms with Gasteiger partial charge in [0.2, 0.25) is 0 Å². The molecule has 0 amide bonds. The number of aromatic nitrogens is 5. The maximum atomic E-state index is 4.39. The lowest BCUT2D eigenvalue weighted by Gasteiger charge is -2.35. The summed E-state index contributed by atoms with van der Waals surface area (Å²) in [5, 5.41) is 3.49. The van der Waals surface area contributed by atoms with Crippen molar-refractivity contribution in [2.45, 2.75) is 356 Å². The maximum Gasteiger partial charge on any atom is 0.132 e. The van der Waals surface area contributed by atoms with Crippen LogP contribution >= 0.6 is 0 Å². The van der Waals surface area contributed by atoms with Gasteiger partial charge in [0.15, 0.2) is 0 Å². The van der Waals surface area contributed by atoms with Crippen molar-refractivity contribution < 1.29 is 0 Å². The molecule has 101 heavy (non-hydrogen) atoms. The molecule has 6 aromatic rings. The summed E-state index contributed by atoms with van der Waals surface area (Å²) >= 11 is 0. The summed E-state index contributed by atoms with van der Waals surface area (Å²) in [5.74, 6) is 1.19. The average Bonchev–Trinajstić information content (AvgIpc) is 1.60. The van der Waals surface area contributed by atoms with E-state index in [9.17, 15) is 0 Å². The predicted molar refractivity (Wildman–Crippen MR) is 456 cm³/mol. The molecule has 4 aromatic heterocycles. The highest BCUT2D eigenvalue weighted by Gasteiger charge is 2.43. The van der Waals surface area contributed by atoms with Gasteiger partial charge in [-0.2, -0.15) is 0 Å². The molecule has 7 aliphatic heterocycles. The fraction of sp³-hybridized carbons (Fsp3) is 0.652. The quantitative estimate of drug-likeness (QED) is 0.172. The van der Waals surface area contributed by atoms with Crippen molar-refractivity contribution in [3.8, 4) is 0 Å². The van der Waals surface area contributed by atoms with Gasteiger partial charge < -0.3 is 20.0 Å². The Morgan fingerprint density at radius 3 is 1.24 bits per heavy atom. The molecule has 1 fully saturated rings. The Morgan fingerprint density at radius 2 is 0.743 bits per heavy atom. The van der Waals surface area contributed by atoms with Gasteiger partial charge in [-0.25, -0.2) is 15.0 Å². The molecule has 11 heterocycles. The van der Waals surface area contributed by atoms with Gasteiger partial charge in [-0.3, -0.25) is 24.7 Å². The van der Waals surface area contributed by atoms with E-state index in [1.54, 1.807) is 11.9 Å². The van der Waals surface area contributed by atoms with Gasteiger partial charge in [0.1, 0.15) is 12.1 Å². The normalized spacial score (nSPS) is 14.1. The third kappa shape index (κ3) is 35.0. The zero-order valence-corrected chi connectivity index (χ0v) is 73.0. The number of pyridine rings is 3. The fourth-order valence-corrected chi connectivity index (χ4v) is 11.8. The van der Waals surface area contributed by atoms with Crippen LogP contribution in [0.4, 0.5) is 17.2 Å². The Morgan fingerprint density at radius 1 is 0.337 bits per heavy atom. The number of piperidine rings is 1. The Hall–Kier alpha value is -5.79. The molecule has 0 saturated carbocycles. The first-order valence-corrected chi connectivity index (χ1v) is 41.1. The lowest BCUT2D eigenvalue weighted by molar-refractivity contribution is 0.226. The van der Waals surface area contributed by atoms with E-state index in [-0.39, 0.29) is 0 Å². The molecule has 7 aliphatic rings. The molecular weight excluding hydrogens is 1240 g/mol. The number of rotatable bonds is 6. The van der Waals surface area contributed by atoms with Gasteiger partial charge >= 0.3 is 0 Å². The summed E-state index contributed by atoms with van der Waals surface area (Å²) in [6.45, 7) is 87.0. The molecule has 12 heteroatoms. The van der Waals surface area contributed by atoms with E-state index in [0.29, 0.717) is 41.7 Å². The van der Waals surface area contributed by atoms with Gasteiger partial charge in [0, 0.05) is 148 Å². The third-order valence-electron chi connectivity index (χ3n) is 16.6. The number of nitrogens with zero attached hydrogens (tertiary/aromatic N) is 11. The summed E-state index contributed by atoms with van der Waals surface area (Å²) in [5.41, 5.74) is 15.8. The molecule has 0 atom stereocenters. The summed E-state index contributed by atoms with van der Waals surface area (Å²) in [6, 6.07) is 31.9. The van der Waals surface area contributed by atoms with Crippen LogP contribution < -0.4 is 20.0 Å². The van der Waals surface area contributed by atoms with E-state index in [1.165, 1.54) is 107 Å². The van der Waals surface area contributed by atoms with E-state index >= 15 is 0 Å². The molecule has 0 bridgehead atoms. The number of fused-ring (bicyclic) bond motifs is 7. The highest BCUT2D eigenvalue weighted by Crippen LogP contribution is 2.46. The van der Waals surface area contributed by atoms with Crippen molar-refractivity contribution in [2.75, 3.05) is 47.4 Å². The van der Waals surface area contributed by atoms with Crippen LogP contribution in [-0.2, 0) is 57.5 Å². The summed E-state index contributed by atoms with van der Waals surface area (Å²) < 4.78 is 0. The number of anilines is 3. The fourth-order valence-electron chi connectivity index (χ4n) is 11.8. The standard InChI is InChI=1S/C15H22N2.C11H15N.3C10H14N2.C9H13N3.12C2H6/c1-12(2)17-11-15(7-9-16-10-8-15)13-5-3-4-6-14(13)17;1-9(2)12-8-7-10-5-3-4-6-11(10)12;1-8(2)12-6-9-3-4-11-5-10(9)7-12;1-8(2)12-7-5-9-4-3-6-11-10(9)12;1-8(2)12-6-9-4-3-5-11-10(9)7-12;1-7(2)12-4-8-3-10-6-11-9(8)5-12;12*1-2/h3-6,12,16H,7-11H2,1-2H3;3-6,9H,7-8H2,1-2H3;3-5,8H,6-7H2,1-2H3;3-4,6,8H,5,7H2,1-2H3;3-5,8H,6-7H2,1-2H3;3,6-7H,4-5H2,1-2H3;12*1-2H3. The monoisotopic (exact) mass is 1400 g/mol. The van der Waals surface area contributed by atoms with E-state index in [4.69, 9.17) is 0 Å². The first-order valence-electron chi connectivity index (χ1n) is 41.1. The Kier molecular flexibility index (Phi) is 66.8. The third-order valence-corrected chi connectivity index (χ3v) is 16.6. The number of hydrogen-bond acceptors (Lipinski definition) is 12. The predicted octanol–water partition coefficient (Wildman–Crippen LogP) is 24.0. The number of benzene rings is 2. The van der Waals surface area contributed by atoms with Crippen molar-refractivity contribution >= 4 is 17.2 Å². The molecule has 13 rings (SSSR count). The largest absolute Gasteiger partial charge is 0.369 e. The van der Waals surface area contributed by atoms with Crippen LogP contribution in [-0.4, -0.2) is 109 Å². The minimum Gasteiger partial charge on any atom is -0.369 e. The minimum absolute atomic E-state index is 0.423. The zero-order valence-electron chi connectivity index (χ0n) is 73.0. The second-order valence-electron chi connectivity index (χ2n) is 23.7. The van der Waals surface area contributed by atoms with Crippen LogP contribution in [0.25, 0.3) is 0 Å². The Balaban J connectivity index is -0.000000345. The summed E-state index contributed by atoms with van der Waals surface area (Å²) in [7, 11) is 0. The second kappa shape index (κ2) is 65.0. The lowest BCUT2D eigenvalue weighted by Crippen LogP contribution is -2.44. The minimum atomic E-state index is 0.423. The number of nitrogens with one attached hydrogen (secondary N) is 1. The topological polar surface area (TPSA) is 95.9 Å². The van der Waals surface area contributed by atoms with Crippen LogP contribution in [0.15, 0.2) is 116 Å². The van der Waals surface area contributed by atoms with Crippen molar-refractivity contribution in [1.29, 1.82) is 0 Å². The molecule has 580 valence electrons. The average molecular weight is 1400 g/mol. The molecule has 0 unspecified atom stereocenters. The van der Waals surface area contributed by atoms with E-state index in [0.717, 1.165) is 52.2 Å². The Labute approximate surface area is 628 Å². The van der Waals surface area contributed by atoms with Crippen LogP contribution in [0.5, 0.6) is 0 Å². The van der Waals surface area contributed by atoms with Crippen LogP contribution in [0.2, 0.25) is 0 Å². The lowest BCUT2D eigenvalue weighted by atomic mass is 9.75. The summed E-state index contributed by atoms with van der Waals surface area (Å²) in [6.07, 6.45) is 16.1. The molecule has 0 aliphatic carbocycles. The maximum absolute atomic E-state index is 4.39. The first-order chi connectivity index (χ1) is 49.1. The number of hydrogen-bond donors (Lipinski definition) is 1. The van der Waals surface area contributed by atoms with Crippen molar-refractivity contribution in [3.05, 3.63) is 167 Å². The van der Waals surface area contributed by atoms with Crippen LogP contribution in [0, 0.1) is 0 Å². The van der Waals surface area contributed by atoms with E-state index in [2.05, 4.69) is 209 Å².